The van der Waals surface area contributed by atoms with E-state index < -0.39 is 9.84 Å². The number of sulfone groups is 1. The van der Waals surface area contributed by atoms with Gasteiger partial charge in [-0.2, -0.15) is 0 Å². The third kappa shape index (κ3) is 7.33. The summed E-state index contributed by atoms with van der Waals surface area (Å²) < 4.78 is 22.3. The van der Waals surface area contributed by atoms with Gasteiger partial charge in [-0.25, -0.2) is 8.42 Å². The molecule has 0 spiro atoms. The van der Waals surface area contributed by atoms with Crippen molar-refractivity contribution in [1.82, 2.24) is 5.32 Å². The second kappa shape index (κ2) is 7.65. The van der Waals surface area contributed by atoms with Crippen LogP contribution in [0.4, 0.5) is 0 Å². The second-order valence-corrected chi connectivity index (χ2v) is 7.48. The van der Waals surface area contributed by atoms with Gasteiger partial charge in [-0.3, -0.25) is 0 Å². The average molecular weight is 283 g/mol. The molecule has 108 valence electrons. The van der Waals surface area contributed by atoms with Gasteiger partial charge in [0.15, 0.2) is 0 Å². The van der Waals surface area contributed by atoms with E-state index in [1.165, 1.54) is 17.4 Å². The molecular weight excluding hydrogens is 258 g/mol. The molecule has 0 saturated carbocycles. The number of likely N-dealkylation sites (N-methyl/N-ethyl adjacent to an activating group) is 1. The summed E-state index contributed by atoms with van der Waals surface area (Å²) in [5.41, 5.74) is 2.58. The van der Waals surface area contributed by atoms with Crippen molar-refractivity contribution in [1.29, 1.82) is 0 Å². The number of benzene rings is 1. The first kappa shape index (κ1) is 16.2. The SMILES string of the molecule is CCNC(CCCS(C)(=O)=O)Cc1cccc(C)c1. The molecule has 1 N–H and O–H groups in total. The van der Waals surface area contributed by atoms with Crippen LogP contribution in [0.1, 0.15) is 30.9 Å². The van der Waals surface area contributed by atoms with Crippen LogP contribution in [0.3, 0.4) is 0 Å². The maximum atomic E-state index is 11.2. The lowest BCUT2D eigenvalue weighted by Crippen LogP contribution is -2.31. The molecule has 1 unspecified atom stereocenters. The molecule has 0 aliphatic heterocycles. The molecule has 0 radical (unpaired) electrons. The first-order valence-electron chi connectivity index (χ1n) is 6.87. The highest BCUT2D eigenvalue weighted by Gasteiger charge is 2.10. The molecule has 1 aromatic rings. The van der Waals surface area contributed by atoms with E-state index in [-0.39, 0.29) is 5.75 Å². The number of aryl methyl sites for hydroxylation is 1. The van der Waals surface area contributed by atoms with Crippen molar-refractivity contribution >= 4 is 9.84 Å². The summed E-state index contributed by atoms with van der Waals surface area (Å²) in [4.78, 5) is 0. The maximum absolute atomic E-state index is 11.2. The Kier molecular flexibility index (Phi) is 6.52. The van der Waals surface area contributed by atoms with E-state index in [0.717, 1.165) is 25.8 Å². The molecule has 3 nitrogen and oxygen atoms in total. The summed E-state index contributed by atoms with van der Waals surface area (Å²) >= 11 is 0. The Morgan fingerprint density at radius 2 is 2.05 bits per heavy atom. The fourth-order valence-corrected chi connectivity index (χ4v) is 2.97. The summed E-state index contributed by atoms with van der Waals surface area (Å²) in [6.07, 6.45) is 3.88. The summed E-state index contributed by atoms with van der Waals surface area (Å²) in [5, 5.41) is 3.44. The van der Waals surface area contributed by atoms with Gasteiger partial charge >= 0.3 is 0 Å². The van der Waals surface area contributed by atoms with Gasteiger partial charge in [0.05, 0.1) is 0 Å². The first-order chi connectivity index (χ1) is 8.90. The molecule has 0 amide bonds. The zero-order valence-corrected chi connectivity index (χ0v) is 13.0. The minimum Gasteiger partial charge on any atom is -0.314 e. The fourth-order valence-electron chi connectivity index (χ4n) is 2.28. The number of hydrogen-bond acceptors (Lipinski definition) is 3. The summed E-state index contributed by atoms with van der Waals surface area (Å²) in [6, 6.07) is 8.85. The Hall–Kier alpha value is -0.870. The van der Waals surface area contributed by atoms with E-state index in [1.807, 2.05) is 0 Å². The van der Waals surface area contributed by atoms with Crippen LogP contribution in [-0.2, 0) is 16.3 Å². The minimum atomic E-state index is -2.84. The fraction of sp³-hybridized carbons (Fsp3) is 0.600. The predicted molar refractivity (Wildman–Crippen MR) is 81.3 cm³/mol. The van der Waals surface area contributed by atoms with Crippen LogP contribution in [-0.4, -0.2) is 33.0 Å². The number of hydrogen-bond donors (Lipinski definition) is 1. The zero-order valence-electron chi connectivity index (χ0n) is 12.1. The lowest BCUT2D eigenvalue weighted by Gasteiger charge is -2.18. The normalized spacial score (nSPS) is 13.4. The molecule has 4 heteroatoms. The van der Waals surface area contributed by atoms with E-state index in [0.29, 0.717) is 6.04 Å². The quantitative estimate of drug-likeness (QED) is 0.796. The van der Waals surface area contributed by atoms with Crippen molar-refractivity contribution in [2.45, 2.75) is 39.2 Å². The second-order valence-electron chi connectivity index (χ2n) is 5.22. The molecule has 1 atom stereocenters. The molecule has 0 fully saturated rings. The Balaban J connectivity index is 2.52. The van der Waals surface area contributed by atoms with Crippen molar-refractivity contribution < 1.29 is 8.42 Å². The summed E-state index contributed by atoms with van der Waals surface area (Å²) in [7, 11) is -2.84. The molecule has 0 saturated heterocycles. The van der Waals surface area contributed by atoms with Crippen molar-refractivity contribution in [3.63, 3.8) is 0 Å². The van der Waals surface area contributed by atoms with Crippen LogP contribution in [0.25, 0.3) is 0 Å². The molecule has 0 aliphatic carbocycles. The summed E-state index contributed by atoms with van der Waals surface area (Å²) in [6.45, 7) is 5.09. The smallest absolute Gasteiger partial charge is 0.147 e. The van der Waals surface area contributed by atoms with E-state index in [2.05, 4.69) is 43.4 Å². The van der Waals surface area contributed by atoms with Gasteiger partial charge in [0.1, 0.15) is 9.84 Å². The lowest BCUT2D eigenvalue weighted by molar-refractivity contribution is 0.484. The van der Waals surface area contributed by atoms with E-state index in [4.69, 9.17) is 0 Å². The Bertz CT molecular complexity index is 483. The van der Waals surface area contributed by atoms with Crippen molar-refractivity contribution in [2.75, 3.05) is 18.6 Å². The van der Waals surface area contributed by atoms with Crippen LogP contribution in [0.5, 0.6) is 0 Å². The average Bonchev–Trinajstić information content (AvgIpc) is 2.27. The van der Waals surface area contributed by atoms with Crippen LogP contribution < -0.4 is 5.32 Å². The highest BCUT2D eigenvalue weighted by Crippen LogP contribution is 2.10. The maximum Gasteiger partial charge on any atom is 0.147 e. The lowest BCUT2D eigenvalue weighted by atomic mass is 10.0. The van der Waals surface area contributed by atoms with Gasteiger partial charge in [-0.1, -0.05) is 36.8 Å². The third-order valence-corrected chi connectivity index (χ3v) is 4.16. The molecule has 1 rings (SSSR count). The van der Waals surface area contributed by atoms with Crippen LogP contribution in [0.2, 0.25) is 0 Å². The molecular formula is C15H25NO2S. The Morgan fingerprint density at radius 1 is 1.32 bits per heavy atom. The van der Waals surface area contributed by atoms with Crippen LogP contribution in [0, 0.1) is 6.92 Å². The van der Waals surface area contributed by atoms with E-state index >= 15 is 0 Å². The van der Waals surface area contributed by atoms with Gasteiger partial charge < -0.3 is 5.32 Å². The van der Waals surface area contributed by atoms with E-state index in [9.17, 15) is 8.42 Å². The van der Waals surface area contributed by atoms with Crippen molar-refractivity contribution in [2.24, 2.45) is 0 Å². The monoisotopic (exact) mass is 283 g/mol. The highest BCUT2D eigenvalue weighted by molar-refractivity contribution is 7.90. The summed E-state index contributed by atoms with van der Waals surface area (Å²) in [5.74, 6) is 0.280. The minimum absolute atomic E-state index is 0.280. The van der Waals surface area contributed by atoms with Gasteiger partial charge in [0, 0.05) is 18.1 Å². The molecule has 0 heterocycles. The van der Waals surface area contributed by atoms with Gasteiger partial charge in [-0.15, -0.1) is 0 Å². The predicted octanol–water partition coefficient (Wildman–Crippen LogP) is 2.34. The zero-order chi connectivity index (χ0) is 14.3. The first-order valence-corrected chi connectivity index (χ1v) is 8.93. The largest absolute Gasteiger partial charge is 0.314 e. The van der Waals surface area contributed by atoms with Gasteiger partial charge in [-0.05, 0) is 38.3 Å². The van der Waals surface area contributed by atoms with E-state index in [1.54, 1.807) is 0 Å². The number of nitrogens with one attached hydrogen (secondary N) is 1. The van der Waals surface area contributed by atoms with Crippen LogP contribution in [0.15, 0.2) is 24.3 Å². The molecule has 0 bridgehead atoms. The molecule has 19 heavy (non-hydrogen) atoms. The third-order valence-electron chi connectivity index (χ3n) is 3.13. The van der Waals surface area contributed by atoms with Gasteiger partial charge in [0.25, 0.3) is 0 Å². The van der Waals surface area contributed by atoms with Gasteiger partial charge in [0.2, 0.25) is 0 Å². The Morgan fingerprint density at radius 3 is 2.63 bits per heavy atom. The highest BCUT2D eigenvalue weighted by atomic mass is 32.2. The van der Waals surface area contributed by atoms with Crippen molar-refractivity contribution in [3.8, 4) is 0 Å². The molecule has 0 aromatic heterocycles. The van der Waals surface area contributed by atoms with Crippen molar-refractivity contribution in [3.05, 3.63) is 35.4 Å². The topological polar surface area (TPSA) is 46.2 Å². The molecule has 0 aliphatic rings. The number of rotatable bonds is 8. The van der Waals surface area contributed by atoms with Crippen LogP contribution >= 0.6 is 0 Å². The Labute approximate surface area is 117 Å². The standard InChI is InChI=1S/C15H25NO2S/c1-4-16-15(9-6-10-19(3,17)18)12-14-8-5-7-13(2)11-14/h5,7-8,11,15-16H,4,6,9-10,12H2,1-3H3. The molecule has 1 aromatic carbocycles.